The van der Waals surface area contributed by atoms with Gasteiger partial charge in [0.15, 0.2) is 12.6 Å². The molecule has 2 heterocycles. The summed E-state index contributed by atoms with van der Waals surface area (Å²) in [6.07, 6.45) is -9.62. The molecule has 57 heavy (non-hydrogen) atoms. The molecule has 0 aliphatic carbocycles. The molecule has 2 fully saturated rings. The van der Waals surface area contributed by atoms with E-state index in [2.05, 4.69) is 0 Å². The van der Waals surface area contributed by atoms with Crippen LogP contribution in [0.4, 0.5) is 0 Å². The predicted octanol–water partition coefficient (Wildman–Crippen LogP) is 6.75. The van der Waals surface area contributed by atoms with Crippen LogP contribution in [-0.4, -0.2) is 78.2 Å². The molecule has 0 amide bonds. The average molecular weight is 777 g/mol. The van der Waals surface area contributed by atoms with Crippen LogP contribution in [0.1, 0.15) is 34.7 Å². The highest BCUT2D eigenvalue weighted by molar-refractivity contribution is 5.17. The molecule has 2 aliphatic heterocycles. The molecule has 10 heteroatoms. The molecule has 0 spiro atoms. The first-order valence-electron chi connectivity index (χ1n) is 19.6. The Morgan fingerprint density at radius 2 is 0.825 bits per heavy atom. The Balaban J connectivity index is 1.17. The summed E-state index contributed by atoms with van der Waals surface area (Å²) in [5.74, 6) is 0. The number of rotatable bonds is 18. The lowest BCUT2D eigenvalue weighted by Gasteiger charge is -2.48. The van der Waals surface area contributed by atoms with Crippen molar-refractivity contribution < 1.29 is 48.1 Å². The summed E-state index contributed by atoms with van der Waals surface area (Å²) >= 11 is 0. The quantitative estimate of drug-likeness (QED) is 0.0991. The van der Waals surface area contributed by atoms with E-state index < -0.39 is 61.4 Å². The molecule has 10 atom stereocenters. The van der Waals surface area contributed by atoms with Gasteiger partial charge in [-0.05, 0) is 34.7 Å². The van der Waals surface area contributed by atoms with Gasteiger partial charge in [-0.2, -0.15) is 0 Å². The molecule has 7 rings (SSSR count). The van der Waals surface area contributed by atoms with E-state index in [9.17, 15) is 10.2 Å². The van der Waals surface area contributed by atoms with E-state index in [1.807, 2.05) is 159 Å². The normalized spacial score (nSPS) is 27.6. The second kappa shape index (κ2) is 20.9. The molecule has 0 aromatic heterocycles. The van der Waals surface area contributed by atoms with Gasteiger partial charge in [0.25, 0.3) is 0 Å². The third-order valence-electron chi connectivity index (χ3n) is 10.2. The van der Waals surface area contributed by atoms with Crippen molar-refractivity contribution in [1.29, 1.82) is 0 Å². The van der Waals surface area contributed by atoms with Crippen molar-refractivity contribution in [2.24, 2.45) is 0 Å². The van der Waals surface area contributed by atoms with Crippen LogP contribution >= 0.6 is 0 Å². The molecule has 0 unspecified atom stereocenters. The van der Waals surface area contributed by atoms with Crippen molar-refractivity contribution in [3.63, 3.8) is 0 Å². The molecule has 0 saturated carbocycles. The minimum Gasteiger partial charge on any atom is -0.387 e. The van der Waals surface area contributed by atoms with E-state index in [4.69, 9.17) is 37.9 Å². The van der Waals surface area contributed by atoms with E-state index in [0.717, 1.165) is 27.8 Å². The maximum absolute atomic E-state index is 12.0. The first-order valence-corrected chi connectivity index (χ1v) is 19.6. The van der Waals surface area contributed by atoms with E-state index >= 15 is 0 Å². The van der Waals surface area contributed by atoms with Crippen molar-refractivity contribution in [2.45, 2.75) is 101 Å². The largest absolute Gasteiger partial charge is 0.387 e. The Bertz CT molecular complexity index is 1850. The molecular weight excluding hydrogens is 725 g/mol. The van der Waals surface area contributed by atoms with Crippen molar-refractivity contribution in [3.05, 3.63) is 179 Å². The summed E-state index contributed by atoms with van der Waals surface area (Å²) < 4.78 is 51.9. The lowest BCUT2D eigenvalue weighted by atomic mass is 9.96. The minimum absolute atomic E-state index is 0.00748. The van der Waals surface area contributed by atoms with E-state index in [1.54, 1.807) is 0 Å². The Labute approximate surface area is 334 Å². The first kappa shape index (κ1) is 40.9. The minimum atomic E-state index is -1.45. The van der Waals surface area contributed by atoms with Gasteiger partial charge in [-0.25, -0.2) is 0 Å². The third-order valence-corrected chi connectivity index (χ3v) is 10.2. The highest BCUT2D eigenvalue weighted by atomic mass is 16.7. The Kier molecular flexibility index (Phi) is 15.0. The Morgan fingerprint density at radius 1 is 0.439 bits per heavy atom. The molecule has 2 aliphatic rings. The molecule has 0 bridgehead atoms. The zero-order valence-corrected chi connectivity index (χ0v) is 32.1. The zero-order chi connectivity index (χ0) is 39.2. The highest BCUT2D eigenvalue weighted by Crippen LogP contribution is 2.35. The van der Waals surface area contributed by atoms with E-state index in [-0.39, 0.29) is 26.4 Å². The van der Waals surface area contributed by atoms with Crippen LogP contribution in [0.15, 0.2) is 152 Å². The summed E-state index contributed by atoms with van der Waals surface area (Å²) in [4.78, 5) is 0. The van der Waals surface area contributed by atoms with Crippen molar-refractivity contribution in [2.75, 3.05) is 6.61 Å². The standard InChI is InChI=1S/C47H52O10/c1-33-41(51-28-35-19-9-3-10-20-35)43(52-29-36-21-11-4-12-22-36)45(54-31-38-25-15-6-16-26-38)47(55-33)57-42-40(48)39(32-50-27-34-17-7-2-8-18-34)56-46(49)44(42)53-30-37-23-13-5-14-24-37/h2-26,33,39-49H,27-32H2,1H3/t33-,39+,40-,41+,42-,43+,44+,45-,46-,47-/m0/s1. The number of benzene rings is 5. The monoisotopic (exact) mass is 776 g/mol. The SMILES string of the molecule is C[C@@H]1O[C@@H](O[C@H]2[C@@H](O)[C@@H](COCc3ccccc3)O[C@H](O)[C@@H]2OCc2ccccc2)[C@@H](OCc2ccccc2)[C@H](OCc2ccccc2)[C@@H]1OCc1ccccc1. The molecule has 2 N–H and O–H groups in total. The maximum atomic E-state index is 12.0. The summed E-state index contributed by atoms with van der Waals surface area (Å²) in [6.45, 7) is 3.18. The average Bonchev–Trinajstić information content (AvgIpc) is 3.25. The van der Waals surface area contributed by atoms with E-state index in [1.165, 1.54) is 0 Å². The van der Waals surface area contributed by atoms with Crippen LogP contribution in [0.5, 0.6) is 0 Å². The number of hydrogen-bond acceptors (Lipinski definition) is 10. The van der Waals surface area contributed by atoms with Gasteiger partial charge in [0, 0.05) is 0 Å². The van der Waals surface area contributed by atoms with Gasteiger partial charge in [-0.1, -0.05) is 152 Å². The van der Waals surface area contributed by atoms with Gasteiger partial charge in [0.1, 0.15) is 42.7 Å². The smallest absolute Gasteiger partial charge is 0.187 e. The fourth-order valence-corrected chi connectivity index (χ4v) is 7.15. The van der Waals surface area contributed by atoms with Gasteiger partial charge in [0.05, 0.1) is 45.7 Å². The van der Waals surface area contributed by atoms with Crippen LogP contribution in [-0.2, 0) is 70.9 Å². The van der Waals surface area contributed by atoms with Gasteiger partial charge >= 0.3 is 0 Å². The topological polar surface area (TPSA) is 114 Å². The second-order valence-electron chi connectivity index (χ2n) is 14.4. The lowest BCUT2D eigenvalue weighted by molar-refractivity contribution is -0.368. The van der Waals surface area contributed by atoms with Crippen LogP contribution < -0.4 is 0 Å². The van der Waals surface area contributed by atoms with Gasteiger partial charge < -0.3 is 48.1 Å². The summed E-state index contributed by atoms with van der Waals surface area (Å²) in [5, 5.41) is 23.5. The zero-order valence-electron chi connectivity index (χ0n) is 32.1. The molecular formula is C47H52O10. The molecule has 5 aromatic carbocycles. The summed E-state index contributed by atoms with van der Waals surface area (Å²) in [7, 11) is 0. The fourth-order valence-electron chi connectivity index (χ4n) is 7.15. The maximum Gasteiger partial charge on any atom is 0.187 e. The second-order valence-corrected chi connectivity index (χ2v) is 14.4. The fraction of sp³-hybridized carbons (Fsp3) is 0.362. The molecule has 300 valence electrons. The van der Waals surface area contributed by atoms with Crippen molar-refractivity contribution in [1.82, 2.24) is 0 Å². The Morgan fingerprint density at radius 3 is 1.28 bits per heavy atom. The Hall–Kier alpha value is -4.30. The molecule has 0 radical (unpaired) electrons. The van der Waals surface area contributed by atoms with Crippen LogP contribution in [0.25, 0.3) is 0 Å². The highest BCUT2D eigenvalue weighted by Gasteiger charge is 2.53. The van der Waals surface area contributed by atoms with Crippen molar-refractivity contribution >= 4 is 0 Å². The van der Waals surface area contributed by atoms with Crippen LogP contribution in [0.2, 0.25) is 0 Å². The first-order chi connectivity index (χ1) is 28.0. The number of aliphatic hydroxyl groups excluding tert-OH is 2. The number of hydrogen-bond donors (Lipinski definition) is 2. The van der Waals surface area contributed by atoms with E-state index in [0.29, 0.717) is 13.2 Å². The summed E-state index contributed by atoms with van der Waals surface area (Å²) in [5.41, 5.74) is 4.78. The predicted molar refractivity (Wildman–Crippen MR) is 212 cm³/mol. The van der Waals surface area contributed by atoms with Gasteiger partial charge in [-0.3, -0.25) is 0 Å². The third kappa shape index (κ3) is 11.4. The molecule has 2 saturated heterocycles. The number of aliphatic hydroxyl groups is 2. The van der Waals surface area contributed by atoms with Crippen LogP contribution in [0, 0.1) is 0 Å². The molecule has 5 aromatic rings. The molecule has 10 nitrogen and oxygen atoms in total. The van der Waals surface area contributed by atoms with Gasteiger partial charge in [0.2, 0.25) is 0 Å². The van der Waals surface area contributed by atoms with Gasteiger partial charge in [-0.15, -0.1) is 0 Å². The number of ether oxygens (including phenoxy) is 8. The van der Waals surface area contributed by atoms with Crippen molar-refractivity contribution in [3.8, 4) is 0 Å². The van der Waals surface area contributed by atoms with Crippen LogP contribution in [0.3, 0.4) is 0 Å². The summed E-state index contributed by atoms with van der Waals surface area (Å²) in [6, 6.07) is 49.0. The lowest BCUT2D eigenvalue weighted by Crippen LogP contribution is -2.65.